The van der Waals surface area contributed by atoms with Crippen LogP contribution in [0.3, 0.4) is 0 Å². The molecule has 1 N–H and O–H groups in total. The van der Waals surface area contributed by atoms with Gasteiger partial charge in [0.2, 0.25) is 0 Å². The zero-order valence-corrected chi connectivity index (χ0v) is 16.9. The molecule has 1 aromatic carbocycles. The highest BCUT2D eigenvalue weighted by Crippen LogP contribution is 2.43. The number of carbonyl (C=O) groups excluding carboxylic acids is 2. The topological polar surface area (TPSA) is 151 Å². The van der Waals surface area contributed by atoms with Gasteiger partial charge in [-0.05, 0) is 33.8 Å². The molecule has 0 aromatic heterocycles. The summed E-state index contributed by atoms with van der Waals surface area (Å²) in [6.07, 6.45) is 0. The van der Waals surface area contributed by atoms with Gasteiger partial charge in [0.1, 0.15) is 0 Å². The van der Waals surface area contributed by atoms with Crippen LogP contribution in [0.15, 0.2) is 40.7 Å². The van der Waals surface area contributed by atoms with Crippen molar-refractivity contribution in [2.45, 2.75) is 33.6 Å². The summed E-state index contributed by atoms with van der Waals surface area (Å²) in [5.74, 6) is -2.74. The van der Waals surface area contributed by atoms with Gasteiger partial charge in [0, 0.05) is 23.0 Å². The lowest BCUT2D eigenvalue weighted by atomic mass is 9.79. The van der Waals surface area contributed by atoms with Crippen molar-refractivity contribution in [3.63, 3.8) is 0 Å². The molecule has 2 rings (SSSR count). The SMILES string of the molecule is CCOC(=O)C1=C(C)NC(C)=C(C(=O)OCC)C1c1ccc([N+](=O)[O-])cc1[N+](=O)[O-]. The Morgan fingerprint density at radius 2 is 1.47 bits per heavy atom. The van der Waals surface area contributed by atoms with E-state index in [1.165, 1.54) is 6.07 Å². The molecule has 1 heterocycles. The van der Waals surface area contributed by atoms with Gasteiger partial charge in [-0.2, -0.15) is 0 Å². The third-order valence-corrected chi connectivity index (χ3v) is 4.48. The molecule has 0 spiro atoms. The summed E-state index contributed by atoms with van der Waals surface area (Å²) < 4.78 is 10.2. The van der Waals surface area contributed by atoms with Crippen molar-refractivity contribution in [3.05, 3.63) is 66.5 Å². The highest BCUT2D eigenvalue weighted by atomic mass is 16.6. The van der Waals surface area contributed by atoms with Crippen LogP contribution in [0.1, 0.15) is 39.2 Å². The van der Waals surface area contributed by atoms with E-state index in [2.05, 4.69) is 5.32 Å². The molecule has 0 unspecified atom stereocenters. The smallest absolute Gasteiger partial charge is 0.336 e. The average molecular weight is 419 g/mol. The summed E-state index contributed by atoms with van der Waals surface area (Å²) in [7, 11) is 0. The fourth-order valence-corrected chi connectivity index (χ4v) is 3.31. The number of hydrogen-bond donors (Lipinski definition) is 1. The Labute approximate surface area is 171 Å². The number of nitrogens with one attached hydrogen (secondary N) is 1. The second-order valence-electron chi connectivity index (χ2n) is 6.33. The minimum Gasteiger partial charge on any atom is -0.463 e. The van der Waals surface area contributed by atoms with Gasteiger partial charge >= 0.3 is 11.9 Å². The molecule has 0 fully saturated rings. The molecule has 1 aliphatic heterocycles. The summed E-state index contributed by atoms with van der Waals surface area (Å²) in [4.78, 5) is 46.7. The third kappa shape index (κ3) is 4.29. The van der Waals surface area contributed by atoms with E-state index in [0.29, 0.717) is 11.4 Å². The Morgan fingerprint density at radius 3 is 1.87 bits per heavy atom. The Morgan fingerprint density at radius 1 is 0.967 bits per heavy atom. The normalized spacial score (nSPS) is 14.3. The Kier molecular flexibility index (Phi) is 6.88. The number of ether oxygens (including phenoxy) is 2. The van der Waals surface area contributed by atoms with Crippen LogP contribution >= 0.6 is 0 Å². The summed E-state index contributed by atoms with van der Waals surface area (Å²) >= 11 is 0. The molecule has 0 amide bonds. The number of rotatable bonds is 7. The van der Waals surface area contributed by atoms with Gasteiger partial charge in [-0.1, -0.05) is 0 Å². The number of non-ortho nitro benzene ring substituents is 1. The van der Waals surface area contributed by atoms with E-state index >= 15 is 0 Å². The van der Waals surface area contributed by atoms with Crippen LogP contribution in [0.25, 0.3) is 0 Å². The lowest BCUT2D eigenvalue weighted by Gasteiger charge is -2.30. The Hall–Kier alpha value is -3.76. The number of nitro benzene ring substituents is 2. The first kappa shape index (κ1) is 22.5. The van der Waals surface area contributed by atoms with Crippen molar-refractivity contribution in [1.82, 2.24) is 5.32 Å². The molecule has 11 heteroatoms. The van der Waals surface area contributed by atoms with Crippen LogP contribution in [-0.2, 0) is 19.1 Å². The van der Waals surface area contributed by atoms with Gasteiger partial charge in [-0.25, -0.2) is 9.59 Å². The molecular weight excluding hydrogens is 398 g/mol. The van der Waals surface area contributed by atoms with Gasteiger partial charge in [0.15, 0.2) is 0 Å². The lowest BCUT2D eigenvalue weighted by Crippen LogP contribution is -2.32. The third-order valence-electron chi connectivity index (χ3n) is 4.48. The second kappa shape index (κ2) is 9.16. The van der Waals surface area contributed by atoms with Crippen molar-refractivity contribution in [2.75, 3.05) is 13.2 Å². The fraction of sp³-hybridized carbons (Fsp3) is 0.368. The van der Waals surface area contributed by atoms with Crippen LogP contribution in [0.5, 0.6) is 0 Å². The predicted octanol–water partition coefficient (Wildman–Crippen LogP) is 2.86. The number of dihydropyridines is 1. The molecule has 11 nitrogen and oxygen atoms in total. The molecule has 0 saturated carbocycles. The first-order valence-corrected chi connectivity index (χ1v) is 9.09. The Bertz CT molecular complexity index is 940. The summed E-state index contributed by atoms with van der Waals surface area (Å²) in [5.41, 5.74) is -0.480. The summed E-state index contributed by atoms with van der Waals surface area (Å²) in [6, 6.07) is 3.05. The minimum absolute atomic E-state index is 0.0116. The van der Waals surface area contributed by atoms with E-state index in [0.717, 1.165) is 12.1 Å². The highest BCUT2D eigenvalue weighted by molar-refractivity contribution is 6.00. The van der Waals surface area contributed by atoms with Crippen molar-refractivity contribution in [2.24, 2.45) is 0 Å². The molecule has 0 saturated heterocycles. The molecule has 0 bridgehead atoms. The number of benzene rings is 1. The predicted molar refractivity (Wildman–Crippen MR) is 104 cm³/mol. The highest BCUT2D eigenvalue weighted by Gasteiger charge is 2.41. The molecule has 1 aliphatic rings. The van der Waals surface area contributed by atoms with Gasteiger partial charge in [-0.3, -0.25) is 20.2 Å². The lowest BCUT2D eigenvalue weighted by molar-refractivity contribution is -0.394. The molecule has 0 radical (unpaired) electrons. The number of allylic oxidation sites excluding steroid dienone is 2. The van der Waals surface area contributed by atoms with E-state index in [9.17, 15) is 29.8 Å². The van der Waals surface area contributed by atoms with E-state index in [1.54, 1.807) is 27.7 Å². The summed E-state index contributed by atoms with van der Waals surface area (Å²) in [5, 5.41) is 25.7. The molecule has 1 aromatic rings. The zero-order valence-electron chi connectivity index (χ0n) is 16.9. The van der Waals surface area contributed by atoms with Crippen LogP contribution in [-0.4, -0.2) is 35.0 Å². The van der Waals surface area contributed by atoms with Gasteiger partial charge in [-0.15, -0.1) is 0 Å². The standard InChI is InChI=1S/C19H21N3O8/c1-5-29-18(23)15-10(3)20-11(4)16(19(24)30-6-2)17(15)13-8-7-12(21(25)26)9-14(13)22(27)28/h7-9,17,20H,5-6H2,1-4H3. The van der Waals surface area contributed by atoms with Crippen LogP contribution in [0.4, 0.5) is 11.4 Å². The maximum Gasteiger partial charge on any atom is 0.336 e. The quantitative estimate of drug-likeness (QED) is 0.399. The van der Waals surface area contributed by atoms with Gasteiger partial charge in [0.25, 0.3) is 11.4 Å². The number of hydrogen-bond acceptors (Lipinski definition) is 9. The first-order valence-electron chi connectivity index (χ1n) is 9.09. The molecule has 0 atom stereocenters. The van der Waals surface area contributed by atoms with Crippen LogP contribution in [0.2, 0.25) is 0 Å². The maximum atomic E-state index is 12.7. The maximum absolute atomic E-state index is 12.7. The molecule has 0 aliphatic carbocycles. The van der Waals surface area contributed by atoms with E-state index in [4.69, 9.17) is 9.47 Å². The van der Waals surface area contributed by atoms with E-state index in [-0.39, 0.29) is 29.9 Å². The van der Waals surface area contributed by atoms with Crippen molar-refractivity contribution in [1.29, 1.82) is 0 Å². The van der Waals surface area contributed by atoms with Crippen molar-refractivity contribution >= 4 is 23.3 Å². The fourth-order valence-electron chi connectivity index (χ4n) is 3.31. The molecule has 160 valence electrons. The average Bonchev–Trinajstić information content (AvgIpc) is 2.66. The number of nitrogens with zero attached hydrogens (tertiary/aromatic N) is 2. The molecular formula is C19H21N3O8. The number of carbonyl (C=O) groups is 2. The first-order chi connectivity index (χ1) is 14.1. The second-order valence-corrected chi connectivity index (χ2v) is 6.33. The number of esters is 2. The van der Waals surface area contributed by atoms with Crippen LogP contribution in [0, 0.1) is 20.2 Å². The van der Waals surface area contributed by atoms with E-state index < -0.39 is 39.1 Å². The van der Waals surface area contributed by atoms with E-state index in [1.807, 2.05) is 0 Å². The van der Waals surface area contributed by atoms with Crippen molar-refractivity contribution < 1.29 is 28.9 Å². The molecule has 30 heavy (non-hydrogen) atoms. The zero-order chi connectivity index (χ0) is 22.6. The van der Waals surface area contributed by atoms with Gasteiger partial charge in [0.05, 0.1) is 46.2 Å². The van der Waals surface area contributed by atoms with Crippen LogP contribution < -0.4 is 5.32 Å². The Balaban J connectivity index is 2.83. The monoisotopic (exact) mass is 419 g/mol. The van der Waals surface area contributed by atoms with Gasteiger partial charge < -0.3 is 14.8 Å². The number of nitro groups is 2. The van der Waals surface area contributed by atoms with Crippen molar-refractivity contribution in [3.8, 4) is 0 Å². The largest absolute Gasteiger partial charge is 0.463 e. The minimum atomic E-state index is -1.20. The summed E-state index contributed by atoms with van der Waals surface area (Å²) in [6.45, 7) is 6.43.